The Balaban J connectivity index is 1.82. The third-order valence-electron chi connectivity index (χ3n) is 3.05. The molecule has 2 saturated heterocycles. The summed E-state index contributed by atoms with van der Waals surface area (Å²) in [6, 6.07) is 0. The van der Waals surface area contributed by atoms with Crippen LogP contribution < -0.4 is 0 Å². The van der Waals surface area contributed by atoms with Gasteiger partial charge in [0.15, 0.2) is 0 Å². The van der Waals surface area contributed by atoms with Gasteiger partial charge in [-0.2, -0.15) is 11.8 Å². The Morgan fingerprint density at radius 2 is 2.07 bits per heavy atom. The first-order valence-corrected chi connectivity index (χ1v) is 7.35. The molecule has 2 rings (SSSR count). The molecule has 2 nitrogen and oxygen atoms in total. The summed E-state index contributed by atoms with van der Waals surface area (Å²) < 4.78 is 0. The zero-order valence-electron chi connectivity index (χ0n) is 8.25. The van der Waals surface area contributed by atoms with Gasteiger partial charge in [-0.05, 0) is 36.7 Å². The highest BCUT2D eigenvalue weighted by molar-refractivity contribution is 9.10. The van der Waals surface area contributed by atoms with Crippen LogP contribution in [0, 0.1) is 5.92 Å². The van der Waals surface area contributed by atoms with Crippen LogP contribution in [0.15, 0.2) is 0 Å². The monoisotopic (exact) mass is 277 g/mol. The van der Waals surface area contributed by atoms with E-state index in [2.05, 4.69) is 15.9 Å². The van der Waals surface area contributed by atoms with E-state index in [1.165, 1.54) is 24.3 Å². The Labute approximate surface area is 97.9 Å². The smallest absolute Gasteiger partial charge is 0.236 e. The summed E-state index contributed by atoms with van der Waals surface area (Å²) in [5.74, 6) is 3.63. The Kier molecular flexibility index (Phi) is 3.77. The summed E-state index contributed by atoms with van der Waals surface area (Å²) in [6.45, 7) is 1.96. The largest absolute Gasteiger partial charge is 0.341 e. The lowest BCUT2D eigenvalue weighted by Crippen LogP contribution is -2.33. The van der Waals surface area contributed by atoms with E-state index in [4.69, 9.17) is 0 Å². The van der Waals surface area contributed by atoms with Crippen LogP contribution in [0.25, 0.3) is 0 Å². The average Bonchev–Trinajstić information content (AvgIpc) is 2.52. The van der Waals surface area contributed by atoms with Crippen LogP contribution in [0.2, 0.25) is 0 Å². The van der Waals surface area contributed by atoms with E-state index in [-0.39, 0.29) is 4.83 Å². The summed E-state index contributed by atoms with van der Waals surface area (Å²) in [5, 5.41) is 0. The molecule has 1 unspecified atom stereocenters. The summed E-state index contributed by atoms with van der Waals surface area (Å²) in [4.78, 5) is 13.8. The minimum absolute atomic E-state index is 0.0977. The maximum atomic E-state index is 11.7. The predicted octanol–water partition coefficient (Wildman–Crippen LogP) is 2.13. The molecule has 4 heteroatoms. The van der Waals surface area contributed by atoms with Crippen molar-refractivity contribution < 1.29 is 4.79 Å². The van der Waals surface area contributed by atoms with E-state index in [0.717, 1.165) is 25.4 Å². The maximum Gasteiger partial charge on any atom is 0.236 e. The molecule has 0 saturated carbocycles. The van der Waals surface area contributed by atoms with Crippen molar-refractivity contribution in [3.63, 3.8) is 0 Å². The van der Waals surface area contributed by atoms with Crippen molar-refractivity contribution in [1.82, 2.24) is 4.90 Å². The van der Waals surface area contributed by atoms with Crippen molar-refractivity contribution >= 4 is 33.6 Å². The second-order valence-electron chi connectivity index (χ2n) is 4.10. The van der Waals surface area contributed by atoms with Crippen LogP contribution in [-0.4, -0.2) is 40.2 Å². The zero-order valence-corrected chi connectivity index (χ0v) is 10.6. The molecule has 0 aromatic carbocycles. The van der Waals surface area contributed by atoms with Gasteiger partial charge in [-0.1, -0.05) is 15.9 Å². The molecule has 2 aliphatic heterocycles. The quantitative estimate of drug-likeness (QED) is 0.721. The Hall–Kier alpha value is 0.300. The SMILES string of the molecule is O=C1C(Br)CCN1CC1CCSCC1. The number of amides is 1. The number of rotatable bonds is 2. The first-order chi connectivity index (χ1) is 6.77. The molecule has 0 N–H and O–H groups in total. The van der Waals surface area contributed by atoms with Crippen molar-refractivity contribution in [1.29, 1.82) is 0 Å². The number of alkyl halides is 1. The van der Waals surface area contributed by atoms with Gasteiger partial charge in [0.2, 0.25) is 5.91 Å². The van der Waals surface area contributed by atoms with Gasteiger partial charge >= 0.3 is 0 Å². The average molecular weight is 278 g/mol. The summed E-state index contributed by atoms with van der Waals surface area (Å²) >= 11 is 5.46. The van der Waals surface area contributed by atoms with Crippen molar-refractivity contribution in [2.24, 2.45) is 5.92 Å². The number of hydrogen-bond donors (Lipinski definition) is 0. The van der Waals surface area contributed by atoms with Crippen molar-refractivity contribution in [3.8, 4) is 0 Å². The normalized spacial score (nSPS) is 29.9. The fourth-order valence-electron chi connectivity index (χ4n) is 2.12. The van der Waals surface area contributed by atoms with E-state index in [1.54, 1.807) is 0 Å². The Morgan fingerprint density at radius 1 is 1.36 bits per heavy atom. The number of hydrogen-bond acceptors (Lipinski definition) is 2. The van der Waals surface area contributed by atoms with Gasteiger partial charge in [0.1, 0.15) is 0 Å². The summed E-state index contributed by atoms with van der Waals surface area (Å²) in [5.41, 5.74) is 0. The lowest BCUT2D eigenvalue weighted by molar-refractivity contribution is -0.127. The van der Waals surface area contributed by atoms with Gasteiger partial charge in [-0.3, -0.25) is 4.79 Å². The van der Waals surface area contributed by atoms with Crippen molar-refractivity contribution in [2.45, 2.75) is 24.1 Å². The van der Waals surface area contributed by atoms with Gasteiger partial charge in [0.05, 0.1) is 4.83 Å². The lowest BCUT2D eigenvalue weighted by Gasteiger charge is -2.26. The third-order valence-corrected chi connectivity index (χ3v) is 4.95. The minimum atomic E-state index is 0.0977. The number of nitrogens with zero attached hydrogens (tertiary/aromatic N) is 1. The molecule has 0 aromatic rings. The molecule has 2 heterocycles. The Morgan fingerprint density at radius 3 is 2.64 bits per heavy atom. The molecular formula is C10H16BrNOS. The van der Waals surface area contributed by atoms with E-state index in [9.17, 15) is 4.79 Å². The molecule has 0 spiro atoms. The molecule has 0 radical (unpaired) electrons. The van der Waals surface area contributed by atoms with Crippen molar-refractivity contribution in [2.75, 3.05) is 24.6 Å². The maximum absolute atomic E-state index is 11.7. The lowest BCUT2D eigenvalue weighted by atomic mass is 10.0. The fourth-order valence-corrected chi connectivity index (χ4v) is 3.82. The van der Waals surface area contributed by atoms with E-state index >= 15 is 0 Å². The molecule has 1 atom stereocenters. The molecule has 80 valence electrons. The molecule has 0 bridgehead atoms. The topological polar surface area (TPSA) is 20.3 Å². The second kappa shape index (κ2) is 4.88. The zero-order chi connectivity index (χ0) is 9.97. The van der Waals surface area contributed by atoms with Gasteiger partial charge < -0.3 is 4.90 Å². The van der Waals surface area contributed by atoms with Gasteiger partial charge in [-0.25, -0.2) is 0 Å². The molecule has 2 fully saturated rings. The summed E-state index contributed by atoms with van der Waals surface area (Å²) in [6.07, 6.45) is 3.57. The highest BCUT2D eigenvalue weighted by atomic mass is 79.9. The molecular weight excluding hydrogens is 262 g/mol. The van der Waals surface area contributed by atoms with E-state index in [1.807, 2.05) is 16.7 Å². The van der Waals surface area contributed by atoms with Crippen LogP contribution in [0.4, 0.5) is 0 Å². The molecule has 0 aliphatic carbocycles. The number of carbonyl (C=O) groups excluding carboxylic acids is 1. The minimum Gasteiger partial charge on any atom is -0.341 e. The molecule has 0 aromatic heterocycles. The highest BCUT2D eigenvalue weighted by Crippen LogP contribution is 2.26. The number of likely N-dealkylation sites (tertiary alicyclic amines) is 1. The fraction of sp³-hybridized carbons (Fsp3) is 0.900. The van der Waals surface area contributed by atoms with Gasteiger partial charge in [0.25, 0.3) is 0 Å². The number of thioether (sulfide) groups is 1. The number of halogens is 1. The molecule has 14 heavy (non-hydrogen) atoms. The van der Waals surface area contributed by atoms with Crippen LogP contribution in [0.5, 0.6) is 0 Å². The van der Waals surface area contributed by atoms with E-state index in [0.29, 0.717) is 5.91 Å². The van der Waals surface area contributed by atoms with Crippen LogP contribution in [0.1, 0.15) is 19.3 Å². The van der Waals surface area contributed by atoms with Gasteiger partial charge in [0, 0.05) is 13.1 Å². The van der Waals surface area contributed by atoms with Gasteiger partial charge in [-0.15, -0.1) is 0 Å². The second-order valence-corrected chi connectivity index (χ2v) is 6.43. The number of carbonyl (C=O) groups is 1. The van der Waals surface area contributed by atoms with Crippen LogP contribution >= 0.6 is 27.7 Å². The van der Waals surface area contributed by atoms with Crippen molar-refractivity contribution in [3.05, 3.63) is 0 Å². The van der Waals surface area contributed by atoms with E-state index < -0.39 is 0 Å². The highest BCUT2D eigenvalue weighted by Gasteiger charge is 2.30. The predicted molar refractivity (Wildman–Crippen MR) is 64.0 cm³/mol. The first-order valence-electron chi connectivity index (χ1n) is 5.28. The first kappa shape index (κ1) is 10.8. The molecule has 2 aliphatic rings. The molecule has 1 amide bonds. The Bertz CT molecular complexity index is 218. The van der Waals surface area contributed by atoms with Crippen LogP contribution in [0.3, 0.4) is 0 Å². The summed E-state index contributed by atoms with van der Waals surface area (Å²) in [7, 11) is 0. The third kappa shape index (κ3) is 2.45. The standard InChI is InChI=1S/C10H16BrNOS/c11-9-1-4-12(10(9)13)7-8-2-5-14-6-3-8/h8-9H,1-7H2. The van der Waals surface area contributed by atoms with Crippen LogP contribution in [-0.2, 0) is 4.79 Å².